The Balaban J connectivity index is 0.00000102. The van der Waals surface area contributed by atoms with Gasteiger partial charge in [0, 0.05) is 13.0 Å². The summed E-state index contributed by atoms with van der Waals surface area (Å²) in [4.78, 5) is 12.4. The summed E-state index contributed by atoms with van der Waals surface area (Å²) in [6, 6.07) is 0. The lowest BCUT2D eigenvalue weighted by atomic mass is 9.44. The van der Waals surface area contributed by atoms with Crippen LogP contribution in [0.4, 0.5) is 0 Å². The lowest BCUT2D eigenvalue weighted by Gasteiger charge is -2.62. The third kappa shape index (κ3) is 3.15. The molecule has 27 heavy (non-hydrogen) atoms. The first-order valence-electron chi connectivity index (χ1n) is 11.4. The van der Waals surface area contributed by atoms with Crippen molar-refractivity contribution in [2.24, 2.45) is 40.4 Å². The van der Waals surface area contributed by atoms with E-state index in [9.17, 15) is 15.0 Å². The summed E-state index contributed by atoms with van der Waals surface area (Å²) >= 11 is 0. The van der Waals surface area contributed by atoms with Gasteiger partial charge >= 0.3 is 0 Å². The van der Waals surface area contributed by atoms with E-state index in [1.165, 1.54) is 6.42 Å². The van der Waals surface area contributed by atoms with Gasteiger partial charge in [0.05, 0.1) is 12.2 Å². The number of rotatable bonds is 1. The molecule has 4 fully saturated rings. The number of fused-ring (bicyclic) bond motifs is 5. The molecule has 4 saturated carbocycles. The molecule has 3 N–H and O–H groups in total. The number of aliphatic hydroxyl groups is 2. The van der Waals surface area contributed by atoms with Crippen LogP contribution in [0.25, 0.3) is 0 Å². The molecule has 9 unspecified atom stereocenters. The maximum atomic E-state index is 12.4. The van der Waals surface area contributed by atoms with Gasteiger partial charge in [-0.05, 0) is 85.9 Å². The molecule has 4 nitrogen and oxygen atoms in total. The fraction of sp³-hybridized carbons (Fsp3) is 0.957. The number of hydrogen-bond donors (Lipinski definition) is 3. The first kappa shape index (κ1) is 21.1. The second-order valence-electron chi connectivity index (χ2n) is 10.0. The van der Waals surface area contributed by atoms with Crippen molar-refractivity contribution in [2.75, 3.05) is 7.05 Å². The van der Waals surface area contributed by atoms with Crippen LogP contribution in [0.2, 0.25) is 0 Å². The molecular weight excluding hydrogens is 338 g/mol. The topological polar surface area (TPSA) is 69.6 Å². The highest BCUT2D eigenvalue weighted by Crippen LogP contribution is 2.67. The van der Waals surface area contributed by atoms with E-state index >= 15 is 0 Å². The Morgan fingerprint density at radius 3 is 2.37 bits per heavy atom. The molecule has 0 aromatic carbocycles. The van der Waals surface area contributed by atoms with Crippen LogP contribution in [0.1, 0.15) is 79.1 Å². The molecule has 4 rings (SSSR count). The Bertz CT molecular complexity index is 552. The molecule has 1 amide bonds. The van der Waals surface area contributed by atoms with Gasteiger partial charge in [-0.15, -0.1) is 0 Å². The molecule has 4 aliphatic rings. The molecule has 0 aromatic heterocycles. The standard InChI is InChI=1S/C21H35NO3.C2H6/c1-20-9-8-13(23)10-12(20)4-5-14-15-6-7-16(19(25)22-3)21(15,2)11-17(24)18(14)20;1-2/h12-18,23-24H,4-11H2,1-3H3,(H,22,25);1-2H3. The van der Waals surface area contributed by atoms with Crippen molar-refractivity contribution in [2.45, 2.75) is 91.3 Å². The summed E-state index contributed by atoms with van der Waals surface area (Å²) in [6.07, 6.45) is 7.59. The van der Waals surface area contributed by atoms with E-state index in [1.54, 1.807) is 7.05 Å². The Morgan fingerprint density at radius 2 is 1.70 bits per heavy atom. The minimum Gasteiger partial charge on any atom is -0.393 e. The van der Waals surface area contributed by atoms with Crippen LogP contribution in [0, 0.1) is 40.4 Å². The lowest BCUT2D eigenvalue weighted by molar-refractivity contribution is -0.179. The molecule has 4 heteroatoms. The third-order valence-electron chi connectivity index (χ3n) is 9.13. The van der Waals surface area contributed by atoms with Gasteiger partial charge in [-0.2, -0.15) is 0 Å². The fourth-order valence-corrected chi connectivity index (χ4v) is 7.97. The van der Waals surface area contributed by atoms with Gasteiger partial charge in [0.25, 0.3) is 0 Å². The molecule has 156 valence electrons. The first-order valence-corrected chi connectivity index (χ1v) is 11.4. The van der Waals surface area contributed by atoms with E-state index < -0.39 is 0 Å². The smallest absolute Gasteiger partial charge is 0.223 e. The van der Waals surface area contributed by atoms with Crippen LogP contribution < -0.4 is 5.32 Å². The SMILES string of the molecule is CC.CNC(=O)C1CCC2C3CCC4CC(O)CCC4(C)C3C(O)CC12C. The predicted octanol–water partition coefficient (Wildman–Crippen LogP) is 3.75. The maximum Gasteiger partial charge on any atom is 0.223 e. The molecule has 0 aromatic rings. The minimum absolute atomic E-state index is 0.0526. The zero-order valence-corrected chi connectivity index (χ0v) is 18.0. The van der Waals surface area contributed by atoms with Gasteiger partial charge in [0.2, 0.25) is 5.91 Å². The van der Waals surface area contributed by atoms with Crippen molar-refractivity contribution in [3.63, 3.8) is 0 Å². The average molecular weight is 380 g/mol. The quantitative estimate of drug-likeness (QED) is 0.650. The molecule has 0 bridgehead atoms. The van der Waals surface area contributed by atoms with E-state index in [2.05, 4.69) is 19.2 Å². The van der Waals surface area contributed by atoms with Crippen LogP contribution in [0.15, 0.2) is 0 Å². The normalized spacial score (nSPS) is 51.1. The molecular formula is C23H41NO3. The second-order valence-corrected chi connectivity index (χ2v) is 10.0. The zero-order chi connectivity index (χ0) is 20.0. The summed E-state index contributed by atoms with van der Waals surface area (Å²) in [5, 5.41) is 24.3. The van der Waals surface area contributed by atoms with Gasteiger partial charge in [-0.3, -0.25) is 4.79 Å². The summed E-state index contributed by atoms with van der Waals surface area (Å²) in [7, 11) is 1.74. The molecule has 9 atom stereocenters. The summed E-state index contributed by atoms with van der Waals surface area (Å²) in [6.45, 7) is 8.65. The van der Waals surface area contributed by atoms with Gasteiger partial charge in [-0.25, -0.2) is 0 Å². The number of aliphatic hydroxyl groups excluding tert-OH is 2. The number of carbonyl (C=O) groups is 1. The van der Waals surface area contributed by atoms with E-state index in [0.29, 0.717) is 23.7 Å². The van der Waals surface area contributed by atoms with E-state index in [0.717, 1.165) is 44.9 Å². The highest BCUT2D eigenvalue weighted by Gasteiger charge is 2.63. The Hall–Kier alpha value is -0.610. The van der Waals surface area contributed by atoms with Crippen molar-refractivity contribution in [3.05, 3.63) is 0 Å². The fourth-order valence-electron chi connectivity index (χ4n) is 7.97. The van der Waals surface area contributed by atoms with Crippen LogP contribution in [0.3, 0.4) is 0 Å². The number of nitrogens with one attached hydrogen (secondary N) is 1. The zero-order valence-electron chi connectivity index (χ0n) is 18.0. The lowest BCUT2D eigenvalue weighted by Crippen LogP contribution is -2.59. The van der Waals surface area contributed by atoms with Crippen molar-refractivity contribution >= 4 is 5.91 Å². The van der Waals surface area contributed by atoms with Crippen LogP contribution in [-0.4, -0.2) is 35.4 Å². The van der Waals surface area contributed by atoms with Gasteiger partial charge < -0.3 is 15.5 Å². The largest absolute Gasteiger partial charge is 0.393 e. The molecule has 0 heterocycles. The van der Waals surface area contributed by atoms with Crippen LogP contribution >= 0.6 is 0 Å². The van der Waals surface area contributed by atoms with Crippen molar-refractivity contribution in [1.29, 1.82) is 0 Å². The van der Waals surface area contributed by atoms with Crippen molar-refractivity contribution in [1.82, 2.24) is 5.32 Å². The highest BCUT2D eigenvalue weighted by molar-refractivity contribution is 5.79. The Kier molecular flexibility index (Phi) is 5.99. The van der Waals surface area contributed by atoms with E-state index in [-0.39, 0.29) is 34.9 Å². The van der Waals surface area contributed by atoms with Crippen LogP contribution in [0.5, 0.6) is 0 Å². The molecule has 0 saturated heterocycles. The highest BCUT2D eigenvalue weighted by atomic mass is 16.3. The van der Waals surface area contributed by atoms with Gasteiger partial charge in [0.1, 0.15) is 0 Å². The number of carbonyl (C=O) groups excluding carboxylic acids is 1. The monoisotopic (exact) mass is 379 g/mol. The summed E-state index contributed by atoms with van der Waals surface area (Å²) in [5.41, 5.74) is 0.103. The molecule has 0 spiro atoms. The van der Waals surface area contributed by atoms with Gasteiger partial charge in [0.15, 0.2) is 0 Å². The first-order chi connectivity index (χ1) is 12.8. The molecule has 4 aliphatic carbocycles. The number of amides is 1. The van der Waals surface area contributed by atoms with Crippen LogP contribution in [-0.2, 0) is 4.79 Å². The molecule has 0 aliphatic heterocycles. The van der Waals surface area contributed by atoms with Gasteiger partial charge in [-0.1, -0.05) is 27.7 Å². The van der Waals surface area contributed by atoms with E-state index in [4.69, 9.17) is 0 Å². The molecule has 0 radical (unpaired) electrons. The minimum atomic E-state index is -0.306. The number of hydrogen-bond acceptors (Lipinski definition) is 3. The summed E-state index contributed by atoms with van der Waals surface area (Å²) < 4.78 is 0. The van der Waals surface area contributed by atoms with E-state index in [1.807, 2.05) is 13.8 Å². The van der Waals surface area contributed by atoms with Crippen molar-refractivity contribution < 1.29 is 15.0 Å². The average Bonchev–Trinajstić information content (AvgIpc) is 2.99. The predicted molar refractivity (Wildman–Crippen MR) is 108 cm³/mol. The van der Waals surface area contributed by atoms with Crippen molar-refractivity contribution in [3.8, 4) is 0 Å². The maximum absolute atomic E-state index is 12.4. The Morgan fingerprint density at radius 1 is 1.00 bits per heavy atom. The second kappa shape index (κ2) is 7.67. The third-order valence-corrected chi connectivity index (χ3v) is 9.13. The summed E-state index contributed by atoms with van der Waals surface area (Å²) in [5.74, 6) is 2.22. The Labute approximate surface area is 165 Å².